The Morgan fingerprint density at radius 1 is 1.05 bits per heavy atom. The Morgan fingerprint density at radius 3 is 2.32 bits per heavy atom. The Labute approximate surface area is 123 Å². The van der Waals surface area contributed by atoms with Crippen LogP contribution in [0.1, 0.15) is 16.7 Å². The van der Waals surface area contributed by atoms with E-state index in [4.69, 9.17) is 29.6 Å². The second-order valence-electron chi connectivity index (χ2n) is 4.52. The summed E-state index contributed by atoms with van der Waals surface area (Å²) >= 11 is 11.3. The maximum Gasteiger partial charge on any atom is 0.106 e. The first-order valence-corrected chi connectivity index (χ1v) is 6.69. The molecule has 0 saturated carbocycles. The molecule has 0 aliphatic rings. The Bertz CT molecular complexity index is 638. The predicted octanol–water partition coefficient (Wildman–Crippen LogP) is 4.33. The van der Waals surface area contributed by atoms with Gasteiger partial charge in [0.15, 0.2) is 0 Å². The van der Waals surface area contributed by atoms with Crippen LogP contribution in [-0.4, -0.2) is 4.99 Å². The molecular formula is C15H15ClN2S. The molecule has 0 unspecified atom stereocenters. The first-order valence-electron chi connectivity index (χ1n) is 5.91. The lowest BCUT2D eigenvalue weighted by atomic mass is 10.1. The summed E-state index contributed by atoms with van der Waals surface area (Å²) in [6.07, 6.45) is 0. The van der Waals surface area contributed by atoms with E-state index >= 15 is 0 Å². The quantitative estimate of drug-likeness (QED) is 0.826. The van der Waals surface area contributed by atoms with Crippen LogP contribution in [0.5, 0.6) is 0 Å². The van der Waals surface area contributed by atoms with Crippen molar-refractivity contribution >= 4 is 40.2 Å². The number of nitrogens with two attached hydrogens (primary N) is 1. The first-order chi connectivity index (χ1) is 8.97. The van der Waals surface area contributed by atoms with Gasteiger partial charge < -0.3 is 11.1 Å². The van der Waals surface area contributed by atoms with Crippen molar-refractivity contribution in [3.63, 3.8) is 0 Å². The summed E-state index contributed by atoms with van der Waals surface area (Å²) in [4.78, 5) is 0.366. The number of nitrogens with one attached hydrogen (secondary N) is 1. The van der Waals surface area contributed by atoms with Crippen molar-refractivity contribution in [2.24, 2.45) is 5.73 Å². The zero-order valence-corrected chi connectivity index (χ0v) is 12.4. The molecule has 98 valence electrons. The van der Waals surface area contributed by atoms with Crippen LogP contribution in [0, 0.1) is 13.8 Å². The van der Waals surface area contributed by atoms with E-state index < -0.39 is 0 Å². The standard InChI is InChI=1S/C15H15ClN2S/c1-9-4-6-13(12(16)7-9)18-14-8-10(2)3-5-11(14)15(17)19/h3-8,18H,1-2H3,(H2,17,19). The molecule has 0 bridgehead atoms. The van der Waals surface area contributed by atoms with E-state index in [1.165, 1.54) is 0 Å². The van der Waals surface area contributed by atoms with Crippen LogP contribution < -0.4 is 11.1 Å². The van der Waals surface area contributed by atoms with Crippen LogP contribution in [0.4, 0.5) is 11.4 Å². The summed E-state index contributed by atoms with van der Waals surface area (Å²) in [6.45, 7) is 4.02. The van der Waals surface area contributed by atoms with E-state index in [-0.39, 0.29) is 0 Å². The summed E-state index contributed by atoms with van der Waals surface area (Å²) < 4.78 is 0. The van der Waals surface area contributed by atoms with E-state index in [0.717, 1.165) is 28.1 Å². The van der Waals surface area contributed by atoms with E-state index in [9.17, 15) is 0 Å². The van der Waals surface area contributed by atoms with Crippen LogP contribution in [0.15, 0.2) is 36.4 Å². The third-order valence-corrected chi connectivity index (χ3v) is 3.37. The smallest absolute Gasteiger partial charge is 0.106 e. The molecule has 0 heterocycles. The van der Waals surface area contributed by atoms with E-state index in [1.54, 1.807) is 0 Å². The van der Waals surface area contributed by atoms with Crippen LogP contribution in [-0.2, 0) is 0 Å². The van der Waals surface area contributed by atoms with Crippen molar-refractivity contribution in [2.75, 3.05) is 5.32 Å². The molecule has 2 rings (SSSR count). The summed E-state index contributed by atoms with van der Waals surface area (Å²) in [5.41, 5.74) is 10.5. The van der Waals surface area contributed by atoms with E-state index in [1.807, 2.05) is 50.2 Å². The van der Waals surface area contributed by atoms with Gasteiger partial charge in [-0.1, -0.05) is 36.0 Å². The molecule has 0 aromatic heterocycles. The second-order valence-corrected chi connectivity index (χ2v) is 5.37. The van der Waals surface area contributed by atoms with Crippen molar-refractivity contribution in [2.45, 2.75) is 13.8 Å². The van der Waals surface area contributed by atoms with Gasteiger partial charge in [0.1, 0.15) is 4.99 Å². The number of hydrogen-bond acceptors (Lipinski definition) is 2. The molecule has 2 aromatic rings. The molecule has 0 aliphatic carbocycles. The summed E-state index contributed by atoms with van der Waals surface area (Å²) in [5, 5.41) is 3.97. The average molecular weight is 291 g/mol. The topological polar surface area (TPSA) is 38.0 Å². The highest BCUT2D eigenvalue weighted by atomic mass is 35.5. The first kappa shape index (κ1) is 13.8. The highest BCUT2D eigenvalue weighted by molar-refractivity contribution is 7.80. The van der Waals surface area contributed by atoms with Gasteiger partial charge in [-0.3, -0.25) is 0 Å². The number of halogens is 1. The SMILES string of the molecule is Cc1ccc(Nc2cc(C)ccc2C(N)=S)c(Cl)c1. The van der Waals surface area contributed by atoms with Gasteiger partial charge in [-0.2, -0.15) is 0 Å². The zero-order valence-electron chi connectivity index (χ0n) is 10.8. The van der Waals surface area contributed by atoms with Gasteiger partial charge in [-0.05, 0) is 49.2 Å². The Balaban J connectivity index is 2.42. The molecule has 0 atom stereocenters. The fourth-order valence-electron chi connectivity index (χ4n) is 1.84. The highest BCUT2D eigenvalue weighted by Crippen LogP contribution is 2.28. The zero-order chi connectivity index (χ0) is 14.0. The van der Waals surface area contributed by atoms with Crippen LogP contribution in [0.2, 0.25) is 5.02 Å². The average Bonchev–Trinajstić information content (AvgIpc) is 2.32. The molecule has 0 aliphatic heterocycles. The molecule has 0 saturated heterocycles. The fraction of sp³-hybridized carbons (Fsp3) is 0.133. The van der Waals surface area contributed by atoms with Gasteiger partial charge in [-0.25, -0.2) is 0 Å². The maximum absolute atomic E-state index is 6.22. The molecule has 4 heteroatoms. The Hall–Kier alpha value is -1.58. The molecule has 2 nitrogen and oxygen atoms in total. The minimum atomic E-state index is 0.366. The molecule has 2 aromatic carbocycles. The lowest BCUT2D eigenvalue weighted by Gasteiger charge is -2.13. The molecule has 0 fully saturated rings. The van der Waals surface area contributed by atoms with Crippen LogP contribution >= 0.6 is 23.8 Å². The van der Waals surface area contributed by atoms with Gasteiger partial charge in [0.25, 0.3) is 0 Å². The maximum atomic E-state index is 6.22. The largest absolute Gasteiger partial charge is 0.389 e. The van der Waals surface area contributed by atoms with Crippen molar-refractivity contribution in [3.05, 3.63) is 58.1 Å². The van der Waals surface area contributed by atoms with Crippen molar-refractivity contribution in [1.29, 1.82) is 0 Å². The molecule has 0 spiro atoms. The minimum absolute atomic E-state index is 0.366. The Kier molecular flexibility index (Phi) is 4.08. The normalized spacial score (nSPS) is 10.3. The van der Waals surface area contributed by atoms with E-state index in [2.05, 4.69) is 5.32 Å². The van der Waals surface area contributed by atoms with Crippen molar-refractivity contribution in [3.8, 4) is 0 Å². The summed E-state index contributed by atoms with van der Waals surface area (Å²) in [5.74, 6) is 0. The third-order valence-electron chi connectivity index (χ3n) is 2.83. The number of benzene rings is 2. The molecule has 3 N–H and O–H groups in total. The molecule has 19 heavy (non-hydrogen) atoms. The number of anilines is 2. The third kappa shape index (κ3) is 3.25. The van der Waals surface area contributed by atoms with Gasteiger partial charge >= 0.3 is 0 Å². The van der Waals surface area contributed by atoms with Gasteiger partial charge in [0.05, 0.1) is 10.7 Å². The Morgan fingerprint density at radius 2 is 1.68 bits per heavy atom. The minimum Gasteiger partial charge on any atom is -0.389 e. The lowest BCUT2D eigenvalue weighted by molar-refractivity contribution is 1.42. The molecular weight excluding hydrogens is 276 g/mol. The number of thiocarbonyl (C=S) groups is 1. The van der Waals surface area contributed by atoms with Gasteiger partial charge in [-0.15, -0.1) is 0 Å². The van der Waals surface area contributed by atoms with Crippen LogP contribution in [0.25, 0.3) is 0 Å². The highest BCUT2D eigenvalue weighted by Gasteiger charge is 2.08. The summed E-state index contributed by atoms with van der Waals surface area (Å²) in [6, 6.07) is 11.8. The van der Waals surface area contributed by atoms with Crippen molar-refractivity contribution < 1.29 is 0 Å². The molecule has 0 radical (unpaired) electrons. The number of hydrogen-bond donors (Lipinski definition) is 2. The summed E-state index contributed by atoms with van der Waals surface area (Å²) in [7, 11) is 0. The van der Waals surface area contributed by atoms with Crippen molar-refractivity contribution in [1.82, 2.24) is 0 Å². The monoisotopic (exact) mass is 290 g/mol. The number of aryl methyl sites for hydroxylation is 2. The fourth-order valence-corrected chi connectivity index (χ4v) is 2.30. The number of rotatable bonds is 3. The van der Waals surface area contributed by atoms with Crippen LogP contribution in [0.3, 0.4) is 0 Å². The second kappa shape index (κ2) is 5.59. The van der Waals surface area contributed by atoms with Gasteiger partial charge in [0, 0.05) is 11.3 Å². The van der Waals surface area contributed by atoms with Gasteiger partial charge in [0.2, 0.25) is 0 Å². The lowest BCUT2D eigenvalue weighted by Crippen LogP contribution is -2.12. The molecule has 0 amide bonds. The van der Waals surface area contributed by atoms with E-state index in [0.29, 0.717) is 10.0 Å². The predicted molar refractivity (Wildman–Crippen MR) is 86.5 cm³/mol.